The number of halogens is 1. The third-order valence-electron chi connectivity index (χ3n) is 3.07. The van der Waals surface area contributed by atoms with Crippen LogP contribution in [0.2, 0.25) is 0 Å². The first-order chi connectivity index (χ1) is 11.0. The molecule has 1 aromatic carbocycles. The summed E-state index contributed by atoms with van der Waals surface area (Å²) >= 11 is 0.721. The second-order valence-electron chi connectivity index (χ2n) is 4.90. The van der Waals surface area contributed by atoms with Gasteiger partial charge < -0.3 is 4.74 Å². The van der Waals surface area contributed by atoms with E-state index >= 15 is 0 Å². The minimum absolute atomic E-state index is 0.155. The van der Waals surface area contributed by atoms with Crippen molar-refractivity contribution in [2.45, 2.75) is 19.8 Å². The van der Waals surface area contributed by atoms with Gasteiger partial charge in [0, 0.05) is 0 Å². The molecule has 2 amide bonds. The molecule has 1 aliphatic rings. The number of hydrogen-bond donors (Lipinski definition) is 0. The first kappa shape index (κ1) is 17.2. The van der Waals surface area contributed by atoms with Crippen LogP contribution in [0.15, 0.2) is 29.2 Å². The van der Waals surface area contributed by atoms with Crippen LogP contribution in [0.1, 0.15) is 25.3 Å². The molecule has 0 unspecified atom stereocenters. The minimum Gasteiger partial charge on any atom is -0.464 e. The highest BCUT2D eigenvalue weighted by Gasteiger charge is 2.36. The van der Waals surface area contributed by atoms with E-state index in [1.165, 1.54) is 24.3 Å². The van der Waals surface area contributed by atoms with Crippen LogP contribution in [0.4, 0.5) is 9.18 Å². The zero-order chi connectivity index (χ0) is 16.8. The highest BCUT2D eigenvalue weighted by Crippen LogP contribution is 2.32. The predicted molar refractivity (Wildman–Crippen MR) is 84.9 cm³/mol. The number of thioether (sulfide) groups is 1. The summed E-state index contributed by atoms with van der Waals surface area (Å²) in [5.74, 6) is -1.62. The zero-order valence-corrected chi connectivity index (χ0v) is 13.4. The average molecular weight is 337 g/mol. The maximum absolute atomic E-state index is 13.2. The third kappa shape index (κ3) is 4.66. The predicted octanol–water partition coefficient (Wildman–Crippen LogP) is 3.21. The van der Waals surface area contributed by atoms with E-state index in [9.17, 15) is 18.8 Å². The van der Waals surface area contributed by atoms with Crippen molar-refractivity contribution in [2.24, 2.45) is 0 Å². The van der Waals surface area contributed by atoms with Crippen LogP contribution in [-0.4, -0.2) is 35.2 Å². The molecule has 0 spiro atoms. The van der Waals surface area contributed by atoms with Gasteiger partial charge in [-0.2, -0.15) is 0 Å². The molecule has 0 radical (unpaired) electrons. The fourth-order valence-corrected chi connectivity index (χ4v) is 2.73. The number of rotatable bonds is 6. The lowest BCUT2D eigenvalue weighted by atomic mass is 10.2. The molecular weight excluding hydrogens is 321 g/mol. The Labute approximate surface area is 137 Å². The molecule has 1 fully saturated rings. The van der Waals surface area contributed by atoms with Gasteiger partial charge in [0.1, 0.15) is 12.4 Å². The summed E-state index contributed by atoms with van der Waals surface area (Å²) in [6.45, 7) is 1.82. The average Bonchev–Trinajstić information content (AvgIpc) is 2.75. The molecular formula is C16H16FNO4S. The molecule has 1 aliphatic heterocycles. The lowest BCUT2D eigenvalue weighted by Crippen LogP contribution is -2.34. The number of benzene rings is 1. The number of hydrogen-bond acceptors (Lipinski definition) is 5. The topological polar surface area (TPSA) is 63.7 Å². The highest BCUT2D eigenvalue weighted by molar-refractivity contribution is 8.18. The Hall–Kier alpha value is -2.15. The summed E-state index contributed by atoms with van der Waals surface area (Å²) in [5.41, 5.74) is 0.473. The molecule has 1 heterocycles. The second kappa shape index (κ2) is 7.92. The van der Waals surface area contributed by atoms with Crippen LogP contribution in [0, 0.1) is 5.82 Å². The smallest absolute Gasteiger partial charge is 0.326 e. The third-order valence-corrected chi connectivity index (χ3v) is 3.98. The highest BCUT2D eigenvalue weighted by atomic mass is 32.2. The van der Waals surface area contributed by atoms with Crippen LogP contribution in [-0.2, 0) is 14.3 Å². The van der Waals surface area contributed by atoms with Crippen molar-refractivity contribution in [3.8, 4) is 0 Å². The number of imide groups is 1. The largest absolute Gasteiger partial charge is 0.464 e. The lowest BCUT2D eigenvalue weighted by Gasteiger charge is -2.11. The van der Waals surface area contributed by atoms with Crippen molar-refractivity contribution < 1.29 is 23.5 Å². The Bertz CT molecular complexity index is 659. The van der Waals surface area contributed by atoms with Crippen LogP contribution < -0.4 is 0 Å². The number of nitrogens with zero attached hydrogens (tertiary/aromatic N) is 1. The molecule has 0 aliphatic carbocycles. The Morgan fingerprint density at radius 1 is 1.39 bits per heavy atom. The summed E-state index contributed by atoms with van der Waals surface area (Å²) in [7, 11) is 0. The molecule has 2 rings (SSSR count). The van der Waals surface area contributed by atoms with Gasteiger partial charge in [0.15, 0.2) is 0 Å². The van der Waals surface area contributed by atoms with Crippen molar-refractivity contribution in [2.75, 3.05) is 13.2 Å². The molecule has 0 saturated carbocycles. The quantitative estimate of drug-likeness (QED) is 0.453. The normalized spacial score (nSPS) is 16.3. The number of esters is 1. The van der Waals surface area contributed by atoms with Crippen LogP contribution >= 0.6 is 11.8 Å². The van der Waals surface area contributed by atoms with Gasteiger partial charge in [0.2, 0.25) is 0 Å². The monoisotopic (exact) mass is 337 g/mol. The molecule has 1 saturated heterocycles. The Morgan fingerprint density at radius 2 is 2.17 bits per heavy atom. The van der Waals surface area contributed by atoms with Crippen LogP contribution in [0.25, 0.3) is 6.08 Å². The Morgan fingerprint density at radius 3 is 2.87 bits per heavy atom. The number of ether oxygens (including phenoxy) is 1. The number of amides is 2. The molecule has 0 bridgehead atoms. The molecule has 0 N–H and O–H groups in total. The van der Waals surface area contributed by atoms with Gasteiger partial charge in [0.05, 0.1) is 11.5 Å². The number of carbonyl (C=O) groups excluding carboxylic acids is 3. The molecule has 0 aromatic heterocycles. The summed E-state index contributed by atoms with van der Waals surface area (Å²) < 4.78 is 18.1. The van der Waals surface area contributed by atoms with E-state index in [0.717, 1.165) is 29.5 Å². The Kier molecular flexibility index (Phi) is 5.92. The lowest BCUT2D eigenvalue weighted by molar-refractivity contribution is -0.146. The Balaban J connectivity index is 2.03. The van der Waals surface area contributed by atoms with Gasteiger partial charge in [-0.25, -0.2) is 4.39 Å². The van der Waals surface area contributed by atoms with Crippen molar-refractivity contribution in [3.05, 3.63) is 40.6 Å². The van der Waals surface area contributed by atoms with Crippen LogP contribution in [0.3, 0.4) is 0 Å². The number of unbranched alkanes of at least 4 members (excludes halogenated alkanes) is 1. The molecule has 5 nitrogen and oxygen atoms in total. The fourth-order valence-electron chi connectivity index (χ4n) is 1.89. The van der Waals surface area contributed by atoms with Gasteiger partial charge in [-0.15, -0.1) is 0 Å². The van der Waals surface area contributed by atoms with Gasteiger partial charge in [-0.1, -0.05) is 25.5 Å². The molecule has 7 heteroatoms. The van der Waals surface area contributed by atoms with E-state index in [0.29, 0.717) is 5.56 Å². The van der Waals surface area contributed by atoms with E-state index < -0.39 is 29.5 Å². The van der Waals surface area contributed by atoms with E-state index in [-0.39, 0.29) is 11.5 Å². The van der Waals surface area contributed by atoms with Crippen LogP contribution in [0.5, 0.6) is 0 Å². The van der Waals surface area contributed by atoms with Gasteiger partial charge in [-0.05, 0) is 42.0 Å². The first-order valence-corrected chi connectivity index (χ1v) is 7.99. The van der Waals surface area contributed by atoms with E-state index in [1.807, 2.05) is 6.92 Å². The minimum atomic E-state index is -0.618. The first-order valence-electron chi connectivity index (χ1n) is 7.18. The SMILES string of the molecule is CCCCOC(=O)CN1C(=O)S/C(=C/c2cccc(F)c2)C1=O. The van der Waals surface area contributed by atoms with Gasteiger partial charge >= 0.3 is 5.97 Å². The summed E-state index contributed by atoms with van der Waals surface area (Å²) in [6.07, 6.45) is 3.04. The summed E-state index contributed by atoms with van der Waals surface area (Å²) in [6, 6.07) is 5.68. The molecule has 1 aromatic rings. The summed E-state index contributed by atoms with van der Waals surface area (Å²) in [4.78, 5) is 36.7. The molecule has 23 heavy (non-hydrogen) atoms. The standard InChI is InChI=1S/C16H16FNO4S/c1-2-3-7-22-14(19)10-18-15(20)13(23-16(18)21)9-11-5-4-6-12(17)8-11/h4-6,8-9H,2-3,7,10H2,1H3/b13-9+. The summed E-state index contributed by atoms with van der Waals surface area (Å²) in [5, 5.41) is -0.537. The van der Waals surface area contributed by atoms with Crippen molar-refractivity contribution in [3.63, 3.8) is 0 Å². The van der Waals surface area contributed by atoms with E-state index in [1.54, 1.807) is 6.07 Å². The molecule has 122 valence electrons. The van der Waals surface area contributed by atoms with Crippen molar-refractivity contribution >= 4 is 35.0 Å². The zero-order valence-electron chi connectivity index (χ0n) is 12.6. The second-order valence-corrected chi connectivity index (χ2v) is 5.89. The fraction of sp³-hybridized carbons (Fsp3) is 0.312. The van der Waals surface area contributed by atoms with Crippen molar-refractivity contribution in [1.29, 1.82) is 0 Å². The number of carbonyl (C=O) groups is 3. The van der Waals surface area contributed by atoms with E-state index in [2.05, 4.69) is 0 Å². The van der Waals surface area contributed by atoms with Gasteiger partial charge in [0.25, 0.3) is 11.1 Å². The van der Waals surface area contributed by atoms with E-state index in [4.69, 9.17) is 4.74 Å². The van der Waals surface area contributed by atoms with Gasteiger partial charge in [-0.3, -0.25) is 19.3 Å². The van der Waals surface area contributed by atoms with Crippen molar-refractivity contribution in [1.82, 2.24) is 4.90 Å². The molecule has 0 atom stereocenters. The maximum Gasteiger partial charge on any atom is 0.326 e. The maximum atomic E-state index is 13.2.